The molecule has 32 heavy (non-hydrogen) atoms. The Morgan fingerprint density at radius 2 is 1.09 bits per heavy atom. The molecule has 0 unspecified atom stereocenters. The van der Waals surface area contributed by atoms with Crippen LogP contribution < -0.4 is 11.1 Å². The number of cyclic esters (lactones) is 2. The van der Waals surface area contributed by atoms with Crippen molar-refractivity contribution in [2.45, 2.75) is 78.4 Å². The van der Waals surface area contributed by atoms with Gasteiger partial charge in [0.2, 0.25) is 0 Å². The summed E-state index contributed by atoms with van der Waals surface area (Å²) in [4.78, 5) is 49.6. The van der Waals surface area contributed by atoms with Crippen LogP contribution in [0.1, 0.15) is 73.9 Å². The summed E-state index contributed by atoms with van der Waals surface area (Å²) >= 11 is 0. The maximum atomic E-state index is 12.6. The minimum Gasteiger partial charge on any atom is -0.459 e. The number of hydrogen-bond donors (Lipinski definition) is 0. The van der Waals surface area contributed by atoms with Gasteiger partial charge in [0.05, 0.1) is 11.4 Å². The minimum absolute atomic E-state index is 0.158. The van der Waals surface area contributed by atoms with Crippen molar-refractivity contribution in [1.82, 2.24) is 9.03 Å². The number of nitrogens with zero attached hydrogens (tertiary/aromatic N) is 2. The van der Waals surface area contributed by atoms with Gasteiger partial charge >= 0.3 is 11.9 Å². The van der Waals surface area contributed by atoms with Crippen LogP contribution in [-0.4, -0.2) is 36.7 Å². The maximum Gasteiger partial charge on any atom is 0.306 e. The third-order valence-electron chi connectivity index (χ3n) is 5.85. The Bertz CT molecular complexity index is 1040. The van der Waals surface area contributed by atoms with Crippen LogP contribution in [0.2, 0.25) is 0 Å². The average Bonchev–Trinajstić information content (AvgIpc) is 3.14. The van der Waals surface area contributed by atoms with E-state index in [4.69, 9.17) is 9.47 Å². The first kappa shape index (κ1) is 24.2. The molecule has 0 radical (unpaired) electrons. The first-order valence-corrected chi connectivity index (χ1v) is 12.5. The fourth-order valence-electron chi connectivity index (χ4n) is 3.86. The highest BCUT2D eigenvalue weighted by molar-refractivity contribution is 7.84. The first-order valence-electron chi connectivity index (χ1n) is 11.1. The second-order valence-corrected chi connectivity index (χ2v) is 9.86. The van der Waals surface area contributed by atoms with Gasteiger partial charge < -0.3 is 9.47 Å². The van der Waals surface area contributed by atoms with E-state index in [2.05, 4.69) is 0 Å². The quantitative estimate of drug-likeness (QED) is 0.544. The topological polar surface area (TPSA) is 113 Å². The number of hydrogen-bond acceptors (Lipinski definition) is 7. The van der Waals surface area contributed by atoms with Crippen LogP contribution in [0.5, 0.6) is 0 Å². The fourth-order valence-corrected chi connectivity index (χ4v) is 5.12. The molecule has 0 aromatic carbocycles. The third kappa shape index (κ3) is 5.46. The number of ether oxygens (including phenoxy) is 2. The molecule has 9 nitrogen and oxygen atoms in total. The Morgan fingerprint density at radius 3 is 1.53 bits per heavy atom. The highest BCUT2D eigenvalue weighted by Crippen LogP contribution is 2.15. The Kier molecular flexibility index (Phi) is 8.22. The number of aromatic nitrogens is 2. The Hall–Kier alpha value is -2.49. The van der Waals surface area contributed by atoms with Crippen molar-refractivity contribution in [3.05, 3.63) is 43.2 Å². The Morgan fingerprint density at radius 1 is 0.656 bits per heavy atom. The standard InChI is InChI=1S/C22H30N2O7S/c1-15-17-13-30-19(25)9-5-3-7-11-32(29)12-8-4-6-10-20(26)31-14-18-16(2)22(28)24(21(15)27)23(17)18/h3-14H2,1-2H3. The molecule has 0 amide bonds. The molecule has 0 saturated carbocycles. The average molecular weight is 467 g/mol. The zero-order valence-electron chi connectivity index (χ0n) is 18.6. The summed E-state index contributed by atoms with van der Waals surface area (Å²) in [5, 5.41) is 0. The monoisotopic (exact) mass is 466 g/mol. The van der Waals surface area contributed by atoms with E-state index in [1.165, 1.54) is 4.52 Å². The zero-order chi connectivity index (χ0) is 23.3. The fraction of sp³-hybridized carbons (Fsp3) is 0.636. The number of carbonyl (C=O) groups excluding carboxylic acids is 2. The molecule has 2 aromatic heterocycles. The minimum atomic E-state index is -0.885. The molecule has 2 aromatic rings. The lowest BCUT2D eigenvalue weighted by Gasteiger charge is -2.10. The van der Waals surface area contributed by atoms with E-state index in [0.29, 0.717) is 46.9 Å². The molecule has 0 atom stereocenters. The van der Waals surface area contributed by atoms with Gasteiger partial charge in [-0.3, -0.25) is 23.4 Å². The molecule has 1 aliphatic rings. The van der Waals surface area contributed by atoms with E-state index in [1.807, 2.05) is 0 Å². The zero-order valence-corrected chi connectivity index (χ0v) is 19.5. The number of esters is 2. The van der Waals surface area contributed by atoms with Gasteiger partial charge in [-0.25, -0.2) is 4.52 Å². The Labute approximate surface area is 188 Å². The predicted octanol–water partition coefficient (Wildman–Crippen LogP) is 1.78. The van der Waals surface area contributed by atoms with Gasteiger partial charge in [-0.1, -0.05) is 12.8 Å². The van der Waals surface area contributed by atoms with Gasteiger partial charge in [0.25, 0.3) is 11.1 Å². The third-order valence-corrected chi connectivity index (χ3v) is 7.34. The van der Waals surface area contributed by atoms with Crippen molar-refractivity contribution in [2.75, 3.05) is 11.5 Å². The van der Waals surface area contributed by atoms with Crippen molar-refractivity contribution in [2.24, 2.45) is 0 Å². The van der Waals surface area contributed by atoms with E-state index in [-0.39, 0.29) is 26.1 Å². The van der Waals surface area contributed by atoms with Crippen LogP contribution >= 0.6 is 0 Å². The predicted molar refractivity (Wildman–Crippen MR) is 118 cm³/mol. The maximum absolute atomic E-state index is 12.6. The summed E-state index contributed by atoms with van der Waals surface area (Å²) in [6.07, 6.45) is 4.88. The van der Waals surface area contributed by atoms with Crippen LogP contribution in [0.4, 0.5) is 0 Å². The van der Waals surface area contributed by atoms with E-state index >= 15 is 0 Å². The number of rotatable bonds is 0. The van der Waals surface area contributed by atoms with Crippen molar-refractivity contribution in [3.8, 4) is 0 Å². The molecule has 0 aliphatic carbocycles. The molecule has 176 valence electrons. The summed E-state index contributed by atoms with van der Waals surface area (Å²) in [6.45, 7) is 2.84. The van der Waals surface area contributed by atoms with Crippen LogP contribution in [-0.2, 0) is 43.1 Å². The highest BCUT2D eigenvalue weighted by atomic mass is 32.2. The molecule has 0 bridgehead atoms. The smallest absolute Gasteiger partial charge is 0.306 e. The lowest BCUT2D eigenvalue weighted by molar-refractivity contribution is -0.145. The van der Waals surface area contributed by atoms with Gasteiger partial charge in [0.1, 0.15) is 13.2 Å². The lowest BCUT2D eigenvalue weighted by atomic mass is 10.2. The largest absolute Gasteiger partial charge is 0.459 e. The SMILES string of the molecule is Cc1c2n3c(c(C)c(=O)n3c1=O)COC(=O)CCCCCS(=O)CCCCCC(=O)OC2. The molecule has 1 aliphatic heterocycles. The second kappa shape index (κ2) is 10.9. The van der Waals surface area contributed by atoms with Gasteiger partial charge in [-0.2, -0.15) is 4.52 Å². The summed E-state index contributed by atoms with van der Waals surface area (Å²) in [5.41, 5.74) is 0.453. The van der Waals surface area contributed by atoms with Crippen LogP contribution in [0.3, 0.4) is 0 Å². The van der Waals surface area contributed by atoms with Crippen molar-refractivity contribution < 1.29 is 23.3 Å². The number of carbonyl (C=O) groups is 2. The van der Waals surface area contributed by atoms with Gasteiger partial charge in [-0.15, -0.1) is 0 Å². The van der Waals surface area contributed by atoms with Gasteiger partial charge in [-0.05, 0) is 39.5 Å². The van der Waals surface area contributed by atoms with Gasteiger partial charge in [0.15, 0.2) is 0 Å². The molecule has 3 rings (SSSR count). The molecule has 0 fully saturated rings. The van der Waals surface area contributed by atoms with E-state index in [9.17, 15) is 23.4 Å². The van der Waals surface area contributed by atoms with Gasteiger partial charge in [0, 0.05) is 46.3 Å². The molecule has 0 spiro atoms. The van der Waals surface area contributed by atoms with Crippen molar-refractivity contribution in [3.63, 3.8) is 0 Å². The summed E-state index contributed by atoms with van der Waals surface area (Å²) in [5.74, 6) is 0.425. The van der Waals surface area contributed by atoms with Crippen molar-refractivity contribution in [1.29, 1.82) is 0 Å². The summed E-state index contributed by atoms with van der Waals surface area (Å²) in [7, 11) is -0.885. The summed E-state index contributed by atoms with van der Waals surface area (Å²) in [6, 6.07) is 0. The van der Waals surface area contributed by atoms with Crippen LogP contribution in [0.25, 0.3) is 0 Å². The Balaban J connectivity index is 1.85. The van der Waals surface area contributed by atoms with E-state index in [1.54, 1.807) is 13.8 Å². The molecule has 3 heterocycles. The van der Waals surface area contributed by atoms with Crippen LogP contribution in [0.15, 0.2) is 9.59 Å². The van der Waals surface area contributed by atoms with E-state index < -0.39 is 33.9 Å². The molecular formula is C22H30N2O7S. The molecular weight excluding hydrogens is 436 g/mol. The molecule has 0 saturated heterocycles. The summed E-state index contributed by atoms with van der Waals surface area (Å²) < 4.78 is 25.2. The van der Waals surface area contributed by atoms with Crippen molar-refractivity contribution >= 4 is 22.7 Å². The normalized spacial score (nSPS) is 18.9. The molecule has 0 N–H and O–H groups in total. The highest BCUT2D eigenvalue weighted by Gasteiger charge is 2.24. The van der Waals surface area contributed by atoms with Crippen LogP contribution in [0, 0.1) is 13.8 Å². The van der Waals surface area contributed by atoms with E-state index in [0.717, 1.165) is 30.2 Å². The molecule has 10 heteroatoms. The lowest BCUT2D eigenvalue weighted by Crippen LogP contribution is -2.23. The second-order valence-electron chi connectivity index (χ2n) is 8.17. The first-order chi connectivity index (χ1) is 15.3.